The number of hydrogen-bond donors (Lipinski definition) is 1. The van der Waals surface area contributed by atoms with E-state index in [0.29, 0.717) is 31.8 Å². The third-order valence-corrected chi connectivity index (χ3v) is 7.91. The van der Waals surface area contributed by atoms with E-state index in [1.165, 1.54) is 0 Å². The molecule has 4 aliphatic carbocycles. The molecule has 0 saturated heterocycles. The van der Waals surface area contributed by atoms with Gasteiger partial charge in [0.2, 0.25) is 0 Å². The molecule has 5 heteroatoms. The smallest absolute Gasteiger partial charge is 0.407 e. The van der Waals surface area contributed by atoms with Gasteiger partial charge in [-0.2, -0.15) is 0 Å². The Balaban J connectivity index is 1.65. The van der Waals surface area contributed by atoms with Crippen molar-refractivity contribution in [1.29, 1.82) is 0 Å². The second kappa shape index (κ2) is 5.61. The van der Waals surface area contributed by atoms with Gasteiger partial charge in [-0.1, -0.05) is 25.7 Å². The Morgan fingerprint density at radius 3 is 2.39 bits per heavy atom. The third-order valence-electron chi connectivity index (χ3n) is 6.21. The summed E-state index contributed by atoms with van der Waals surface area (Å²) in [5.41, 5.74) is -1.48. The van der Waals surface area contributed by atoms with Crippen molar-refractivity contribution in [1.82, 2.24) is 5.32 Å². The fourth-order valence-corrected chi connectivity index (χ4v) is 5.91. The first-order chi connectivity index (χ1) is 10.7. The van der Waals surface area contributed by atoms with Gasteiger partial charge in [0.25, 0.3) is 0 Å². The van der Waals surface area contributed by atoms with Crippen molar-refractivity contribution in [3.05, 3.63) is 12.7 Å². The Morgan fingerprint density at radius 2 is 1.91 bits per heavy atom. The number of amides is 1. The minimum Gasteiger partial charge on any atom is -0.450 e. The molecular formula is C18H30FNO2Si. The molecular weight excluding hydrogens is 309 g/mol. The lowest BCUT2D eigenvalue weighted by atomic mass is 9.47. The van der Waals surface area contributed by atoms with Crippen LogP contribution in [0.25, 0.3) is 0 Å². The van der Waals surface area contributed by atoms with Gasteiger partial charge in [-0.3, -0.25) is 0 Å². The van der Waals surface area contributed by atoms with Gasteiger partial charge in [-0.05, 0) is 55.9 Å². The zero-order valence-corrected chi connectivity index (χ0v) is 15.7. The molecule has 130 valence electrons. The minimum absolute atomic E-state index is 0.167. The highest BCUT2D eigenvalue weighted by Crippen LogP contribution is 2.61. The molecule has 4 rings (SSSR count). The summed E-state index contributed by atoms with van der Waals surface area (Å²) in [6.45, 7) is 11.2. The predicted molar refractivity (Wildman–Crippen MR) is 93.0 cm³/mol. The molecule has 23 heavy (non-hydrogen) atoms. The van der Waals surface area contributed by atoms with Gasteiger partial charge in [0, 0.05) is 8.07 Å². The standard InChI is InChI=1S/C18H30FNO2Si/c1-5-18(20-16(21)22-6-7-23(2,3)4)14-8-13-9-15(18)12-17(19,10-13)11-14/h5,13-15H,1,6-12H2,2-4H3,(H,20,21)/t13?,14-,15-,17?,18?/m1/s1. The zero-order valence-electron chi connectivity index (χ0n) is 14.7. The second-order valence-electron chi connectivity index (χ2n) is 9.20. The molecule has 0 aromatic carbocycles. The Bertz CT molecular complexity index is 486. The molecule has 4 bridgehead atoms. The normalized spacial score (nSPS) is 41.7. The number of alkyl halides is 1. The fourth-order valence-electron chi connectivity index (χ4n) is 5.20. The maximum atomic E-state index is 14.9. The van der Waals surface area contributed by atoms with E-state index in [4.69, 9.17) is 4.74 Å². The van der Waals surface area contributed by atoms with Crippen LogP contribution in [0.2, 0.25) is 25.7 Å². The SMILES string of the molecule is C=CC1(NC(=O)OCC[Si](C)(C)C)[C@@H]2CC3C[C@@H]1CC(F)(C3)C2. The number of carbonyl (C=O) groups excluding carboxylic acids is 1. The molecule has 0 radical (unpaired) electrons. The third kappa shape index (κ3) is 3.21. The van der Waals surface area contributed by atoms with E-state index in [9.17, 15) is 9.18 Å². The molecule has 4 fully saturated rings. The molecule has 1 N–H and O–H groups in total. The van der Waals surface area contributed by atoms with Gasteiger partial charge in [-0.25, -0.2) is 9.18 Å². The molecule has 0 heterocycles. The first-order valence-electron chi connectivity index (χ1n) is 8.93. The number of hydrogen-bond acceptors (Lipinski definition) is 2. The average Bonchev–Trinajstić information content (AvgIpc) is 2.39. The summed E-state index contributed by atoms with van der Waals surface area (Å²) in [7, 11) is -1.21. The van der Waals surface area contributed by atoms with E-state index in [1.807, 2.05) is 6.08 Å². The Labute approximate surface area is 140 Å². The predicted octanol–water partition coefficient (Wildman–Crippen LogP) is 4.52. The topological polar surface area (TPSA) is 38.3 Å². The lowest BCUT2D eigenvalue weighted by molar-refractivity contribution is -0.115. The van der Waals surface area contributed by atoms with Crippen LogP contribution in [0.4, 0.5) is 9.18 Å². The van der Waals surface area contributed by atoms with Crippen molar-refractivity contribution in [2.24, 2.45) is 17.8 Å². The number of ether oxygens (including phenoxy) is 1. The van der Waals surface area contributed by atoms with Gasteiger partial charge in [0.1, 0.15) is 5.67 Å². The Kier molecular flexibility index (Phi) is 4.14. The van der Waals surface area contributed by atoms with Crippen molar-refractivity contribution >= 4 is 14.2 Å². The van der Waals surface area contributed by atoms with Crippen LogP contribution >= 0.6 is 0 Å². The lowest BCUT2D eigenvalue weighted by Gasteiger charge is -2.62. The molecule has 1 amide bonds. The van der Waals surface area contributed by atoms with Crippen molar-refractivity contribution in [2.45, 2.75) is 69.0 Å². The maximum absolute atomic E-state index is 14.9. The summed E-state index contributed by atoms with van der Waals surface area (Å²) in [5.74, 6) is 0.817. The van der Waals surface area contributed by atoms with Crippen LogP contribution in [0.5, 0.6) is 0 Å². The van der Waals surface area contributed by atoms with Crippen molar-refractivity contribution in [3.63, 3.8) is 0 Å². The van der Waals surface area contributed by atoms with Crippen LogP contribution in [0.1, 0.15) is 32.1 Å². The molecule has 3 nitrogen and oxygen atoms in total. The summed E-state index contributed by atoms with van der Waals surface area (Å²) in [6, 6.07) is 0.962. The first-order valence-corrected chi connectivity index (χ1v) is 12.6. The highest BCUT2D eigenvalue weighted by atomic mass is 28.3. The molecule has 0 unspecified atom stereocenters. The number of nitrogens with one attached hydrogen (secondary N) is 1. The first kappa shape index (κ1) is 17.0. The summed E-state index contributed by atoms with van der Waals surface area (Å²) >= 11 is 0. The highest BCUT2D eigenvalue weighted by Gasteiger charge is 2.62. The van der Waals surface area contributed by atoms with Crippen molar-refractivity contribution in [3.8, 4) is 0 Å². The minimum atomic E-state index is -1.21. The van der Waals surface area contributed by atoms with Crippen LogP contribution in [-0.2, 0) is 4.74 Å². The summed E-state index contributed by atoms with van der Waals surface area (Å²) in [6.07, 6.45) is 5.34. The largest absolute Gasteiger partial charge is 0.450 e. The summed E-state index contributed by atoms with van der Waals surface area (Å²) in [5, 5.41) is 3.10. The number of carbonyl (C=O) groups is 1. The van der Waals surface area contributed by atoms with E-state index < -0.39 is 19.3 Å². The number of alkyl carbamates (subject to hydrolysis) is 1. The summed E-state index contributed by atoms with van der Waals surface area (Å²) in [4.78, 5) is 12.3. The van der Waals surface area contributed by atoms with Crippen LogP contribution in [0.3, 0.4) is 0 Å². The van der Waals surface area contributed by atoms with Crippen molar-refractivity contribution in [2.75, 3.05) is 6.61 Å². The van der Waals surface area contributed by atoms with Crippen LogP contribution < -0.4 is 5.32 Å². The average molecular weight is 340 g/mol. The fraction of sp³-hybridized carbons (Fsp3) is 0.833. The molecule has 4 saturated carbocycles. The van der Waals surface area contributed by atoms with E-state index >= 15 is 0 Å². The van der Waals surface area contributed by atoms with Crippen LogP contribution in [-0.4, -0.2) is 32.0 Å². The quantitative estimate of drug-likeness (QED) is 0.590. The second-order valence-corrected chi connectivity index (χ2v) is 14.8. The molecule has 0 spiro atoms. The van der Waals surface area contributed by atoms with Gasteiger partial charge in [0.15, 0.2) is 0 Å². The number of rotatable bonds is 5. The lowest BCUT2D eigenvalue weighted by Crippen LogP contribution is -2.68. The van der Waals surface area contributed by atoms with Gasteiger partial charge in [0.05, 0.1) is 12.1 Å². The zero-order chi connectivity index (χ0) is 16.9. The molecule has 4 aliphatic rings. The monoisotopic (exact) mass is 339 g/mol. The molecule has 0 aliphatic heterocycles. The Hall–Kier alpha value is -0.843. The van der Waals surface area contributed by atoms with Gasteiger partial charge in [-0.15, -0.1) is 6.58 Å². The van der Waals surface area contributed by atoms with E-state index in [2.05, 4.69) is 31.5 Å². The van der Waals surface area contributed by atoms with Crippen LogP contribution in [0.15, 0.2) is 12.7 Å². The Morgan fingerprint density at radius 1 is 1.30 bits per heavy atom. The highest BCUT2D eigenvalue weighted by molar-refractivity contribution is 6.76. The van der Waals surface area contributed by atoms with E-state index in [1.54, 1.807) is 0 Å². The molecule has 2 atom stereocenters. The number of halogens is 1. The summed E-state index contributed by atoms with van der Waals surface area (Å²) < 4.78 is 20.3. The molecule has 0 aromatic heterocycles. The van der Waals surface area contributed by atoms with Crippen molar-refractivity contribution < 1.29 is 13.9 Å². The van der Waals surface area contributed by atoms with Gasteiger partial charge < -0.3 is 10.1 Å². The van der Waals surface area contributed by atoms with E-state index in [0.717, 1.165) is 18.9 Å². The van der Waals surface area contributed by atoms with Gasteiger partial charge >= 0.3 is 6.09 Å². The maximum Gasteiger partial charge on any atom is 0.407 e. The molecule has 0 aromatic rings. The van der Waals surface area contributed by atoms with Crippen LogP contribution in [0, 0.1) is 17.8 Å². The van der Waals surface area contributed by atoms with E-state index in [-0.39, 0.29) is 17.9 Å².